The summed E-state index contributed by atoms with van der Waals surface area (Å²) in [7, 11) is 1.43. The van der Waals surface area contributed by atoms with Crippen molar-refractivity contribution in [2.24, 2.45) is 0 Å². The van der Waals surface area contributed by atoms with Crippen LogP contribution in [0, 0.1) is 18.6 Å². The first-order valence-electron chi connectivity index (χ1n) is 8.48. The Balaban J connectivity index is 2.35. The van der Waals surface area contributed by atoms with E-state index < -0.39 is 29.0 Å². The molecule has 0 unspecified atom stereocenters. The summed E-state index contributed by atoms with van der Waals surface area (Å²) in [6.45, 7) is 1.41. The number of nitrogens with one attached hydrogen (secondary N) is 2. The molecule has 0 spiro atoms. The fourth-order valence-corrected chi connectivity index (χ4v) is 4.45. The number of aromatic nitrogens is 2. The van der Waals surface area contributed by atoms with Gasteiger partial charge in [0.05, 0.1) is 28.6 Å². The molecule has 1 atom stereocenters. The van der Waals surface area contributed by atoms with Gasteiger partial charge < -0.3 is 14.8 Å². The van der Waals surface area contributed by atoms with Crippen molar-refractivity contribution < 1.29 is 18.6 Å². The fraction of sp³-hybridized carbons (Fsp3) is 0.263. The van der Waals surface area contributed by atoms with E-state index in [0.717, 1.165) is 6.07 Å². The molecule has 29 heavy (non-hydrogen) atoms. The minimum absolute atomic E-state index is 0.0254. The number of ether oxygens (including phenoxy) is 1. The van der Waals surface area contributed by atoms with Crippen LogP contribution < -0.4 is 11.2 Å². The van der Waals surface area contributed by atoms with Gasteiger partial charge in [-0.3, -0.25) is 9.78 Å². The van der Waals surface area contributed by atoms with Crippen molar-refractivity contribution in [3.8, 4) is 11.1 Å². The van der Waals surface area contributed by atoms with Crippen molar-refractivity contribution in [1.29, 1.82) is 0 Å². The number of benzene rings is 2. The molecule has 0 aliphatic rings. The van der Waals surface area contributed by atoms with Gasteiger partial charge in [-0.2, -0.15) is 0 Å². The maximum Gasteiger partial charge on any atom is 0.326 e. The van der Waals surface area contributed by atoms with Gasteiger partial charge in [-0.05, 0) is 24.6 Å². The average molecular weight is 443 g/mol. The second kappa shape index (κ2) is 8.66. The number of aliphatic hydroxyl groups excluding tert-OH is 1. The van der Waals surface area contributed by atoms with Crippen LogP contribution in [0.3, 0.4) is 0 Å². The van der Waals surface area contributed by atoms with Gasteiger partial charge in [-0.25, -0.2) is 13.6 Å². The highest BCUT2D eigenvalue weighted by Gasteiger charge is 2.21. The van der Waals surface area contributed by atoms with Crippen LogP contribution in [0.25, 0.3) is 22.0 Å². The molecule has 0 fully saturated rings. The number of methoxy groups -OCH3 is 1. The van der Waals surface area contributed by atoms with E-state index in [9.17, 15) is 23.5 Å². The summed E-state index contributed by atoms with van der Waals surface area (Å²) in [5.41, 5.74) is -0.201. The number of H-pyrrole nitrogens is 2. The molecule has 6 nitrogen and oxygen atoms in total. The van der Waals surface area contributed by atoms with Crippen molar-refractivity contribution in [3.05, 3.63) is 61.3 Å². The van der Waals surface area contributed by atoms with Crippen LogP contribution in [0.5, 0.6) is 0 Å². The lowest BCUT2D eigenvalue weighted by molar-refractivity contribution is 0.0656. The molecule has 3 aromatic rings. The third-order valence-corrected chi connectivity index (χ3v) is 5.94. The maximum atomic E-state index is 14.7. The lowest BCUT2D eigenvalue weighted by Gasteiger charge is -2.18. The van der Waals surface area contributed by atoms with E-state index in [1.54, 1.807) is 6.92 Å². The van der Waals surface area contributed by atoms with Gasteiger partial charge in [-0.1, -0.05) is 11.6 Å². The number of thioether (sulfide) groups is 1. The van der Waals surface area contributed by atoms with Gasteiger partial charge in [0.2, 0.25) is 0 Å². The first-order chi connectivity index (χ1) is 13.8. The highest BCUT2D eigenvalue weighted by molar-refractivity contribution is 7.99. The summed E-state index contributed by atoms with van der Waals surface area (Å²) < 4.78 is 33.5. The molecule has 0 amide bonds. The van der Waals surface area contributed by atoms with Crippen LogP contribution in [-0.2, 0) is 4.74 Å². The van der Waals surface area contributed by atoms with E-state index in [2.05, 4.69) is 9.97 Å². The second-order valence-corrected chi connectivity index (χ2v) is 7.76. The van der Waals surface area contributed by atoms with E-state index in [1.165, 1.54) is 24.9 Å². The smallest absolute Gasteiger partial charge is 0.326 e. The molecule has 0 radical (unpaired) electrons. The van der Waals surface area contributed by atoms with Gasteiger partial charge in [0, 0.05) is 35.0 Å². The molecular formula is C19H17ClF2N2O4S. The molecule has 1 aromatic heterocycles. The standard InChI is InChI=1S/C19H17ClF2N2O4S/c1-8-3-11-16(23-19(27)24-18(11)26)17(29-7-9(6-25)28-2)15(8)10-4-12(20)14(22)5-13(10)21/h3-5,9,25H,6-7H2,1-2H3,(H2,23,24,26,27)/t9-/m0/s1. The Labute approximate surface area is 172 Å². The van der Waals surface area contributed by atoms with Gasteiger partial charge in [-0.15, -0.1) is 11.8 Å². The van der Waals surface area contributed by atoms with Crippen LogP contribution in [-0.4, -0.2) is 40.6 Å². The Hall–Kier alpha value is -2.20. The lowest BCUT2D eigenvalue weighted by atomic mass is 9.98. The van der Waals surface area contributed by atoms with Crippen LogP contribution >= 0.6 is 23.4 Å². The van der Waals surface area contributed by atoms with Crippen molar-refractivity contribution in [2.75, 3.05) is 19.5 Å². The minimum Gasteiger partial charge on any atom is -0.394 e. The molecule has 0 saturated carbocycles. The first-order valence-corrected chi connectivity index (χ1v) is 9.84. The number of hydrogen-bond acceptors (Lipinski definition) is 5. The molecule has 1 heterocycles. The van der Waals surface area contributed by atoms with Crippen molar-refractivity contribution in [2.45, 2.75) is 17.9 Å². The number of fused-ring (bicyclic) bond motifs is 1. The summed E-state index contributed by atoms with van der Waals surface area (Å²) in [5.74, 6) is -1.48. The molecule has 0 aliphatic heterocycles. The molecule has 0 bridgehead atoms. The van der Waals surface area contributed by atoms with Crippen LogP contribution in [0.1, 0.15) is 5.56 Å². The molecule has 3 rings (SSSR count). The second-order valence-electron chi connectivity index (χ2n) is 6.33. The van der Waals surface area contributed by atoms with Crippen molar-refractivity contribution in [1.82, 2.24) is 9.97 Å². The van der Waals surface area contributed by atoms with Crippen LogP contribution in [0.2, 0.25) is 5.02 Å². The Morgan fingerprint density at radius 2 is 1.93 bits per heavy atom. The topological polar surface area (TPSA) is 95.2 Å². The fourth-order valence-electron chi connectivity index (χ4n) is 2.97. The minimum atomic E-state index is -0.898. The largest absolute Gasteiger partial charge is 0.394 e. The number of hydrogen-bond donors (Lipinski definition) is 3. The van der Waals surface area contributed by atoms with E-state index in [0.29, 0.717) is 22.1 Å². The van der Waals surface area contributed by atoms with E-state index >= 15 is 0 Å². The monoisotopic (exact) mass is 442 g/mol. The SMILES string of the molecule is CO[C@@H](CO)CSc1c(-c2cc(Cl)c(F)cc2F)c(C)cc2c(=O)[nH]c(=O)[nH]c12. The highest BCUT2D eigenvalue weighted by Crippen LogP contribution is 2.41. The number of aryl methyl sites for hydroxylation is 1. The van der Waals surface area contributed by atoms with Crippen molar-refractivity contribution >= 4 is 34.3 Å². The Bertz CT molecular complexity index is 1190. The molecule has 3 N–H and O–H groups in total. The third kappa shape index (κ3) is 4.23. The number of aliphatic hydroxyl groups is 1. The number of aromatic amines is 2. The zero-order valence-corrected chi connectivity index (χ0v) is 17.0. The van der Waals surface area contributed by atoms with Gasteiger partial charge >= 0.3 is 5.69 Å². The first kappa shape index (κ1) is 21.5. The summed E-state index contributed by atoms with van der Waals surface area (Å²) >= 11 is 7.03. The summed E-state index contributed by atoms with van der Waals surface area (Å²) in [4.78, 5) is 29.3. The predicted molar refractivity (Wildman–Crippen MR) is 109 cm³/mol. The quantitative estimate of drug-likeness (QED) is 0.402. The predicted octanol–water partition coefficient (Wildman–Crippen LogP) is 3.22. The molecular weight excluding hydrogens is 426 g/mol. The summed E-state index contributed by atoms with van der Waals surface area (Å²) in [6, 6.07) is 3.36. The van der Waals surface area contributed by atoms with E-state index in [-0.39, 0.29) is 33.8 Å². The molecule has 0 saturated heterocycles. The number of rotatable bonds is 6. The highest BCUT2D eigenvalue weighted by atomic mass is 35.5. The zero-order chi connectivity index (χ0) is 21.3. The van der Waals surface area contributed by atoms with Gasteiger partial charge in [0.15, 0.2) is 0 Å². The summed E-state index contributed by atoms with van der Waals surface area (Å²) in [5, 5.41) is 9.33. The average Bonchev–Trinajstić information content (AvgIpc) is 2.66. The van der Waals surface area contributed by atoms with Gasteiger partial charge in [0.25, 0.3) is 5.56 Å². The van der Waals surface area contributed by atoms with E-state index in [4.69, 9.17) is 16.3 Å². The number of halogens is 3. The zero-order valence-electron chi connectivity index (χ0n) is 15.4. The lowest BCUT2D eigenvalue weighted by Crippen LogP contribution is -2.23. The maximum absolute atomic E-state index is 14.7. The summed E-state index contributed by atoms with van der Waals surface area (Å²) in [6.07, 6.45) is -0.529. The Morgan fingerprint density at radius 3 is 2.59 bits per heavy atom. The van der Waals surface area contributed by atoms with Gasteiger partial charge in [0.1, 0.15) is 11.6 Å². The molecule has 2 aromatic carbocycles. The van der Waals surface area contributed by atoms with Crippen LogP contribution in [0.15, 0.2) is 32.7 Å². The Morgan fingerprint density at radius 1 is 1.21 bits per heavy atom. The molecule has 154 valence electrons. The van der Waals surface area contributed by atoms with Crippen molar-refractivity contribution in [3.63, 3.8) is 0 Å². The van der Waals surface area contributed by atoms with Crippen LogP contribution in [0.4, 0.5) is 8.78 Å². The molecule has 10 heteroatoms. The third-order valence-electron chi connectivity index (χ3n) is 4.42. The molecule has 0 aliphatic carbocycles. The normalized spacial score (nSPS) is 12.5. The van der Waals surface area contributed by atoms with E-state index in [1.807, 2.05) is 0 Å². The Kier molecular flexibility index (Phi) is 6.42.